The molecule has 3 heteroatoms. The van der Waals surface area contributed by atoms with Crippen molar-refractivity contribution in [3.8, 4) is 23.3 Å². The van der Waals surface area contributed by atoms with Crippen LogP contribution >= 0.6 is 0 Å². The van der Waals surface area contributed by atoms with Crippen LogP contribution in [0.3, 0.4) is 0 Å². The van der Waals surface area contributed by atoms with Crippen LogP contribution in [-0.2, 0) is 0 Å². The summed E-state index contributed by atoms with van der Waals surface area (Å²) in [6, 6.07) is 7.12. The zero-order valence-corrected chi connectivity index (χ0v) is 15.0. The molecule has 116 valence electrons. The standard InChI is InChI=1S/C19H24O2Si/c1-19(2,13-8-14-22(3,4)5)18(21)12-11-16-9-6-7-10-17(16)15-20/h6-7,9-10,15,18,21H,13H2,1-5H3. The fourth-order valence-electron chi connectivity index (χ4n) is 1.69. The van der Waals surface area contributed by atoms with Crippen molar-refractivity contribution >= 4 is 14.4 Å². The number of aldehydes is 1. The number of rotatable bonds is 3. The Morgan fingerprint density at radius 3 is 2.50 bits per heavy atom. The summed E-state index contributed by atoms with van der Waals surface area (Å²) in [4.78, 5) is 11.0. The first kappa shape index (κ1) is 18.2. The molecule has 0 saturated carbocycles. The molecule has 0 fully saturated rings. The second-order valence-corrected chi connectivity index (χ2v) is 11.8. The summed E-state index contributed by atoms with van der Waals surface area (Å²) in [5.74, 6) is 8.95. The van der Waals surface area contributed by atoms with Gasteiger partial charge in [0.2, 0.25) is 0 Å². The summed E-state index contributed by atoms with van der Waals surface area (Å²) in [7, 11) is -1.39. The number of aliphatic hydroxyl groups is 1. The average Bonchev–Trinajstić information content (AvgIpc) is 2.43. The summed E-state index contributed by atoms with van der Waals surface area (Å²) >= 11 is 0. The molecule has 0 amide bonds. The molecule has 0 heterocycles. The molecule has 1 aromatic carbocycles. The van der Waals surface area contributed by atoms with Crippen molar-refractivity contribution in [1.29, 1.82) is 0 Å². The molecule has 0 aliphatic rings. The fourth-order valence-corrected chi connectivity index (χ4v) is 2.31. The van der Waals surface area contributed by atoms with E-state index in [-0.39, 0.29) is 0 Å². The van der Waals surface area contributed by atoms with E-state index in [4.69, 9.17) is 0 Å². The maximum Gasteiger partial charge on any atom is 0.151 e. The van der Waals surface area contributed by atoms with Gasteiger partial charge in [-0.1, -0.05) is 63.5 Å². The van der Waals surface area contributed by atoms with Crippen LogP contribution in [0, 0.1) is 28.7 Å². The molecule has 0 radical (unpaired) electrons. The van der Waals surface area contributed by atoms with E-state index in [0.717, 1.165) is 6.29 Å². The highest BCUT2D eigenvalue weighted by molar-refractivity contribution is 6.83. The Hall–Kier alpha value is -1.81. The van der Waals surface area contributed by atoms with Gasteiger partial charge in [-0.15, -0.1) is 11.5 Å². The Kier molecular flexibility index (Phi) is 6.18. The lowest BCUT2D eigenvalue weighted by Crippen LogP contribution is -2.27. The van der Waals surface area contributed by atoms with Gasteiger partial charge in [-0.25, -0.2) is 0 Å². The van der Waals surface area contributed by atoms with Crippen LogP contribution in [0.1, 0.15) is 36.2 Å². The topological polar surface area (TPSA) is 37.3 Å². The van der Waals surface area contributed by atoms with Crippen LogP contribution in [0.25, 0.3) is 0 Å². The summed E-state index contributed by atoms with van der Waals surface area (Å²) in [5.41, 5.74) is 4.08. The van der Waals surface area contributed by atoms with Gasteiger partial charge >= 0.3 is 0 Å². The van der Waals surface area contributed by atoms with Gasteiger partial charge in [0.25, 0.3) is 0 Å². The Balaban J connectivity index is 2.87. The number of hydrogen-bond donors (Lipinski definition) is 1. The number of aliphatic hydroxyl groups excluding tert-OH is 1. The second-order valence-electron chi connectivity index (χ2n) is 7.09. The third-order valence-electron chi connectivity index (χ3n) is 3.18. The number of benzene rings is 1. The lowest BCUT2D eigenvalue weighted by Gasteiger charge is -2.24. The van der Waals surface area contributed by atoms with Gasteiger partial charge in [0.15, 0.2) is 6.29 Å². The van der Waals surface area contributed by atoms with E-state index in [1.165, 1.54) is 0 Å². The van der Waals surface area contributed by atoms with E-state index in [0.29, 0.717) is 17.5 Å². The van der Waals surface area contributed by atoms with Crippen LogP contribution in [0.4, 0.5) is 0 Å². The highest BCUT2D eigenvalue weighted by atomic mass is 28.3. The lowest BCUT2D eigenvalue weighted by atomic mass is 9.83. The summed E-state index contributed by atoms with van der Waals surface area (Å²) < 4.78 is 0. The average molecular weight is 312 g/mol. The maximum absolute atomic E-state index is 11.0. The van der Waals surface area contributed by atoms with E-state index in [9.17, 15) is 9.90 Å². The molecule has 1 rings (SSSR count). The summed E-state index contributed by atoms with van der Waals surface area (Å²) in [6.07, 6.45) is 0.590. The van der Waals surface area contributed by atoms with Crippen molar-refractivity contribution in [1.82, 2.24) is 0 Å². The number of hydrogen-bond acceptors (Lipinski definition) is 2. The van der Waals surface area contributed by atoms with Gasteiger partial charge in [-0.2, -0.15) is 0 Å². The predicted octanol–water partition coefficient (Wildman–Crippen LogP) is 3.51. The largest absolute Gasteiger partial charge is 0.380 e. The Morgan fingerprint density at radius 1 is 1.27 bits per heavy atom. The van der Waals surface area contributed by atoms with Gasteiger partial charge in [0, 0.05) is 23.0 Å². The monoisotopic (exact) mass is 312 g/mol. The zero-order valence-electron chi connectivity index (χ0n) is 14.0. The third kappa shape index (κ3) is 5.90. The van der Waals surface area contributed by atoms with Gasteiger partial charge in [0.05, 0.1) is 0 Å². The van der Waals surface area contributed by atoms with Crippen LogP contribution < -0.4 is 0 Å². The first-order valence-electron chi connectivity index (χ1n) is 7.39. The van der Waals surface area contributed by atoms with Crippen molar-refractivity contribution in [3.63, 3.8) is 0 Å². The molecule has 22 heavy (non-hydrogen) atoms. The minimum Gasteiger partial charge on any atom is -0.380 e. The SMILES string of the molecule is CC(C)(CC#C[Si](C)(C)C)C(O)C#Cc1ccccc1C=O. The summed E-state index contributed by atoms with van der Waals surface area (Å²) in [6.45, 7) is 10.5. The van der Waals surface area contributed by atoms with Gasteiger partial charge in [-0.3, -0.25) is 4.79 Å². The molecular weight excluding hydrogens is 288 g/mol. The van der Waals surface area contributed by atoms with Crippen molar-refractivity contribution in [2.75, 3.05) is 0 Å². The number of carbonyl (C=O) groups excluding carboxylic acids is 1. The maximum atomic E-state index is 11.0. The quantitative estimate of drug-likeness (QED) is 0.527. The van der Waals surface area contributed by atoms with Gasteiger partial charge in [-0.05, 0) is 6.07 Å². The molecule has 0 aliphatic heterocycles. The van der Waals surface area contributed by atoms with E-state index < -0.39 is 19.6 Å². The van der Waals surface area contributed by atoms with E-state index in [2.05, 4.69) is 42.9 Å². The highest BCUT2D eigenvalue weighted by Crippen LogP contribution is 2.24. The molecule has 1 aromatic rings. The predicted molar refractivity (Wildman–Crippen MR) is 94.2 cm³/mol. The fraction of sp³-hybridized carbons (Fsp3) is 0.421. The van der Waals surface area contributed by atoms with Crippen molar-refractivity contribution < 1.29 is 9.90 Å². The van der Waals surface area contributed by atoms with Crippen molar-refractivity contribution in [2.24, 2.45) is 5.41 Å². The molecule has 1 N–H and O–H groups in total. The first-order valence-corrected chi connectivity index (χ1v) is 10.9. The lowest BCUT2D eigenvalue weighted by molar-refractivity contribution is 0.103. The van der Waals surface area contributed by atoms with Gasteiger partial charge < -0.3 is 5.11 Å². The van der Waals surface area contributed by atoms with Crippen LogP contribution in [0.2, 0.25) is 19.6 Å². The third-order valence-corrected chi connectivity index (χ3v) is 4.11. The minimum atomic E-state index is -1.39. The van der Waals surface area contributed by atoms with Crippen molar-refractivity contribution in [3.05, 3.63) is 35.4 Å². The normalized spacial score (nSPS) is 12.5. The molecule has 0 bridgehead atoms. The zero-order chi connectivity index (χ0) is 16.8. The van der Waals surface area contributed by atoms with Gasteiger partial charge in [0.1, 0.15) is 14.2 Å². The van der Waals surface area contributed by atoms with Crippen LogP contribution in [0.5, 0.6) is 0 Å². The minimum absolute atomic E-state index is 0.407. The molecule has 1 unspecified atom stereocenters. The van der Waals surface area contributed by atoms with Crippen LogP contribution in [0.15, 0.2) is 24.3 Å². The highest BCUT2D eigenvalue weighted by Gasteiger charge is 2.25. The molecule has 0 saturated heterocycles. The number of carbonyl (C=O) groups is 1. The van der Waals surface area contributed by atoms with E-state index in [1.54, 1.807) is 18.2 Å². The van der Waals surface area contributed by atoms with Crippen LogP contribution in [-0.4, -0.2) is 25.6 Å². The molecule has 2 nitrogen and oxygen atoms in total. The molecular formula is C19H24O2Si. The molecule has 1 atom stereocenters. The first-order chi connectivity index (χ1) is 10.2. The summed E-state index contributed by atoms with van der Waals surface area (Å²) in [5, 5.41) is 10.3. The molecule has 0 aromatic heterocycles. The van der Waals surface area contributed by atoms with Crippen molar-refractivity contribution in [2.45, 2.75) is 46.0 Å². The van der Waals surface area contributed by atoms with E-state index >= 15 is 0 Å². The van der Waals surface area contributed by atoms with E-state index in [1.807, 2.05) is 19.9 Å². The smallest absolute Gasteiger partial charge is 0.151 e. The molecule has 0 spiro atoms. The Bertz CT molecular complexity index is 646. The Labute approximate surface area is 135 Å². The Morgan fingerprint density at radius 2 is 1.91 bits per heavy atom. The molecule has 0 aliphatic carbocycles. The second kappa shape index (κ2) is 7.45.